The first kappa shape index (κ1) is 16.4. The molecule has 116 valence electrons. The van der Waals surface area contributed by atoms with Gasteiger partial charge in [0.25, 0.3) is 0 Å². The quantitative estimate of drug-likeness (QED) is 0.781. The minimum atomic E-state index is 0.116. The highest BCUT2D eigenvalue weighted by molar-refractivity contribution is 7.99. The number of hydrogen-bond donors (Lipinski definition) is 0. The van der Waals surface area contributed by atoms with E-state index in [2.05, 4.69) is 35.2 Å². The van der Waals surface area contributed by atoms with E-state index in [1.165, 1.54) is 4.90 Å². The monoisotopic (exact) mass is 306 g/mol. The van der Waals surface area contributed by atoms with Gasteiger partial charge >= 0.3 is 0 Å². The Morgan fingerprint density at radius 2 is 1.90 bits per heavy atom. The summed E-state index contributed by atoms with van der Waals surface area (Å²) >= 11 is 1.91. The van der Waals surface area contributed by atoms with Gasteiger partial charge in [0, 0.05) is 42.7 Å². The van der Waals surface area contributed by atoms with Crippen LogP contribution in [0.5, 0.6) is 0 Å². The van der Waals surface area contributed by atoms with Crippen molar-refractivity contribution < 1.29 is 4.79 Å². The molecule has 0 aliphatic carbocycles. The third-order valence-corrected chi connectivity index (χ3v) is 4.81. The summed E-state index contributed by atoms with van der Waals surface area (Å²) in [6.45, 7) is 8.99. The molecule has 0 radical (unpaired) electrons. The molecule has 3 nitrogen and oxygen atoms in total. The van der Waals surface area contributed by atoms with Crippen molar-refractivity contribution in [3.63, 3.8) is 0 Å². The molecule has 0 N–H and O–H groups in total. The topological polar surface area (TPSA) is 23.6 Å². The van der Waals surface area contributed by atoms with E-state index in [0.29, 0.717) is 5.91 Å². The van der Waals surface area contributed by atoms with Crippen LogP contribution in [0.3, 0.4) is 0 Å². The summed E-state index contributed by atoms with van der Waals surface area (Å²) in [6.07, 6.45) is 1.09. The molecular formula is C17H26N2OS. The van der Waals surface area contributed by atoms with Crippen LogP contribution in [0.2, 0.25) is 0 Å². The van der Waals surface area contributed by atoms with Crippen LogP contribution >= 0.6 is 11.8 Å². The highest BCUT2D eigenvalue weighted by Gasteiger charge is 2.20. The number of carbonyl (C=O) groups is 1. The Labute approximate surface area is 132 Å². The van der Waals surface area contributed by atoms with E-state index in [9.17, 15) is 4.79 Å². The SMILES string of the molecule is CC(C)C(=O)N1CCCN(CCSc2ccccc2)CC1. The number of nitrogens with zero attached hydrogens (tertiary/aromatic N) is 2. The van der Waals surface area contributed by atoms with Gasteiger partial charge in [0.15, 0.2) is 0 Å². The summed E-state index contributed by atoms with van der Waals surface area (Å²) < 4.78 is 0. The molecule has 1 aromatic rings. The lowest BCUT2D eigenvalue weighted by molar-refractivity contribution is -0.134. The van der Waals surface area contributed by atoms with Gasteiger partial charge in [-0.3, -0.25) is 4.79 Å². The number of carbonyl (C=O) groups excluding carboxylic acids is 1. The predicted molar refractivity (Wildman–Crippen MR) is 89.6 cm³/mol. The zero-order valence-electron chi connectivity index (χ0n) is 13.1. The van der Waals surface area contributed by atoms with E-state index in [-0.39, 0.29) is 5.92 Å². The molecule has 2 rings (SSSR count). The summed E-state index contributed by atoms with van der Waals surface area (Å²) in [5.74, 6) is 1.53. The summed E-state index contributed by atoms with van der Waals surface area (Å²) in [4.78, 5) is 17.9. The number of amides is 1. The van der Waals surface area contributed by atoms with E-state index >= 15 is 0 Å². The fraction of sp³-hybridized carbons (Fsp3) is 0.588. The standard InChI is InChI=1S/C17H26N2OS/c1-15(2)17(20)19-10-6-9-18(11-12-19)13-14-21-16-7-4-3-5-8-16/h3-5,7-8,15H,6,9-14H2,1-2H3. The van der Waals surface area contributed by atoms with Crippen LogP contribution in [0.1, 0.15) is 20.3 Å². The smallest absolute Gasteiger partial charge is 0.225 e. The van der Waals surface area contributed by atoms with Gasteiger partial charge < -0.3 is 9.80 Å². The highest BCUT2D eigenvalue weighted by atomic mass is 32.2. The van der Waals surface area contributed by atoms with E-state index in [0.717, 1.165) is 44.9 Å². The van der Waals surface area contributed by atoms with Crippen molar-refractivity contribution in [2.24, 2.45) is 5.92 Å². The summed E-state index contributed by atoms with van der Waals surface area (Å²) in [5.41, 5.74) is 0. The van der Waals surface area contributed by atoms with Crippen molar-refractivity contribution in [3.05, 3.63) is 30.3 Å². The Hall–Kier alpha value is -1.00. The molecule has 0 unspecified atom stereocenters. The minimum Gasteiger partial charge on any atom is -0.341 e. The fourth-order valence-corrected chi connectivity index (χ4v) is 3.52. The van der Waals surface area contributed by atoms with Crippen molar-refractivity contribution in [3.8, 4) is 0 Å². The predicted octanol–water partition coefficient (Wildman–Crippen LogP) is 2.97. The van der Waals surface area contributed by atoms with Crippen LogP contribution < -0.4 is 0 Å². The Morgan fingerprint density at radius 1 is 1.14 bits per heavy atom. The highest BCUT2D eigenvalue weighted by Crippen LogP contribution is 2.17. The molecule has 0 aromatic heterocycles. The van der Waals surface area contributed by atoms with Crippen LogP contribution in [-0.2, 0) is 4.79 Å². The Balaban J connectivity index is 1.72. The first-order chi connectivity index (χ1) is 10.2. The molecule has 0 bridgehead atoms. The molecule has 1 aliphatic heterocycles. The largest absolute Gasteiger partial charge is 0.341 e. The van der Waals surface area contributed by atoms with Crippen LogP contribution in [-0.4, -0.2) is 54.2 Å². The van der Waals surface area contributed by atoms with E-state index in [1.807, 2.05) is 30.5 Å². The van der Waals surface area contributed by atoms with Crippen molar-refractivity contribution >= 4 is 17.7 Å². The lowest BCUT2D eigenvalue weighted by Crippen LogP contribution is -2.37. The van der Waals surface area contributed by atoms with Gasteiger partial charge in [-0.2, -0.15) is 0 Å². The van der Waals surface area contributed by atoms with Crippen LogP contribution in [0.25, 0.3) is 0 Å². The first-order valence-electron chi connectivity index (χ1n) is 7.86. The van der Waals surface area contributed by atoms with Crippen LogP contribution in [0, 0.1) is 5.92 Å². The van der Waals surface area contributed by atoms with Crippen molar-refractivity contribution in [1.82, 2.24) is 9.80 Å². The Bertz CT molecular complexity index is 436. The fourth-order valence-electron chi connectivity index (χ4n) is 2.59. The third kappa shape index (κ3) is 5.36. The van der Waals surface area contributed by atoms with Crippen molar-refractivity contribution in [2.45, 2.75) is 25.2 Å². The lowest BCUT2D eigenvalue weighted by atomic mass is 10.2. The number of hydrogen-bond acceptors (Lipinski definition) is 3. The van der Waals surface area contributed by atoms with Crippen LogP contribution in [0.4, 0.5) is 0 Å². The molecule has 4 heteroatoms. The summed E-state index contributed by atoms with van der Waals surface area (Å²) in [7, 11) is 0. The van der Waals surface area contributed by atoms with Gasteiger partial charge in [0.2, 0.25) is 5.91 Å². The Morgan fingerprint density at radius 3 is 2.62 bits per heavy atom. The van der Waals surface area contributed by atoms with E-state index < -0.39 is 0 Å². The van der Waals surface area contributed by atoms with E-state index in [1.54, 1.807) is 0 Å². The second-order valence-electron chi connectivity index (χ2n) is 5.84. The molecule has 1 amide bonds. The molecule has 1 fully saturated rings. The number of rotatable bonds is 5. The molecule has 0 spiro atoms. The second-order valence-corrected chi connectivity index (χ2v) is 7.01. The van der Waals surface area contributed by atoms with Crippen molar-refractivity contribution in [1.29, 1.82) is 0 Å². The molecule has 0 saturated carbocycles. The van der Waals surface area contributed by atoms with E-state index in [4.69, 9.17) is 0 Å². The molecule has 1 aliphatic rings. The van der Waals surface area contributed by atoms with Crippen LogP contribution in [0.15, 0.2) is 35.2 Å². The molecule has 21 heavy (non-hydrogen) atoms. The maximum atomic E-state index is 12.1. The summed E-state index contributed by atoms with van der Waals surface area (Å²) in [6, 6.07) is 10.6. The lowest BCUT2D eigenvalue weighted by Gasteiger charge is -2.23. The third-order valence-electron chi connectivity index (χ3n) is 3.81. The molecular weight excluding hydrogens is 280 g/mol. The second kappa shape index (κ2) is 8.44. The van der Waals surface area contributed by atoms with Gasteiger partial charge in [-0.05, 0) is 25.1 Å². The Kier molecular flexibility index (Phi) is 6.58. The van der Waals surface area contributed by atoms with Gasteiger partial charge in [-0.25, -0.2) is 0 Å². The molecule has 1 saturated heterocycles. The normalized spacial score (nSPS) is 17.0. The number of thioether (sulfide) groups is 1. The molecule has 1 heterocycles. The van der Waals surface area contributed by atoms with Gasteiger partial charge in [0.05, 0.1) is 0 Å². The zero-order valence-corrected chi connectivity index (χ0v) is 13.9. The van der Waals surface area contributed by atoms with Gasteiger partial charge in [0.1, 0.15) is 0 Å². The van der Waals surface area contributed by atoms with Crippen molar-refractivity contribution in [2.75, 3.05) is 38.5 Å². The minimum absolute atomic E-state index is 0.116. The maximum absolute atomic E-state index is 12.1. The zero-order chi connectivity index (χ0) is 15.1. The molecule has 1 aromatic carbocycles. The number of benzene rings is 1. The average molecular weight is 306 g/mol. The summed E-state index contributed by atoms with van der Waals surface area (Å²) in [5, 5.41) is 0. The van der Waals surface area contributed by atoms with Gasteiger partial charge in [-0.1, -0.05) is 32.0 Å². The molecule has 0 atom stereocenters. The maximum Gasteiger partial charge on any atom is 0.225 e. The average Bonchev–Trinajstić information content (AvgIpc) is 2.73. The van der Waals surface area contributed by atoms with Gasteiger partial charge in [-0.15, -0.1) is 11.8 Å². The first-order valence-corrected chi connectivity index (χ1v) is 8.84.